The molecule has 0 aliphatic carbocycles. The molecule has 0 bridgehead atoms. The number of rotatable bonds is 6. The number of fused-ring (bicyclic) bond motifs is 1. The van der Waals surface area contributed by atoms with Crippen molar-refractivity contribution in [3.63, 3.8) is 0 Å². The fourth-order valence-corrected chi connectivity index (χ4v) is 2.71. The first-order valence-electron chi connectivity index (χ1n) is 8.57. The lowest BCUT2D eigenvalue weighted by atomic mass is 10.1. The van der Waals surface area contributed by atoms with Gasteiger partial charge in [-0.05, 0) is 30.3 Å². The number of nitrogens with zero attached hydrogens (tertiary/aromatic N) is 1. The van der Waals surface area contributed by atoms with Crippen molar-refractivity contribution in [2.75, 3.05) is 0 Å². The van der Waals surface area contributed by atoms with Gasteiger partial charge in [-0.25, -0.2) is 9.78 Å². The number of para-hydroxylation sites is 3. The van der Waals surface area contributed by atoms with E-state index in [2.05, 4.69) is 4.98 Å². The molecular weight excluding hydrogens is 342 g/mol. The van der Waals surface area contributed by atoms with Crippen LogP contribution in [-0.4, -0.2) is 11.0 Å². The Morgan fingerprint density at radius 1 is 0.852 bits per heavy atom. The van der Waals surface area contributed by atoms with Crippen LogP contribution < -0.4 is 4.74 Å². The number of oxazole rings is 1. The van der Waals surface area contributed by atoms with Crippen molar-refractivity contribution in [1.29, 1.82) is 0 Å². The van der Waals surface area contributed by atoms with Crippen molar-refractivity contribution in [2.45, 2.75) is 13.2 Å². The van der Waals surface area contributed by atoms with E-state index in [4.69, 9.17) is 13.9 Å². The van der Waals surface area contributed by atoms with Gasteiger partial charge in [-0.1, -0.05) is 48.5 Å². The Balaban J connectivity index is 1.43. The van der Waals surface area contributed by atoms with Gasteiger partial charge in [0.25, 0.3) is 0 Å². The van der Waals surface area contributed by atoms with Crippen molar-refractivity contribution in [2.24, 2.45) is 0 Å². The highest BCUT2D eigenvalue weighted by molar-refractivity contribution is 5.91. The predicted molar refractivity (Wildman–Crippen MR) is 100 cm³/mol. The Morgan fingerprint density at radius 2 is 1.59 bits per heavy atom. The molecule has 0 aliphatic heterocycles. The lowest BCUT2D eigenvalue weighted by molar-refractivity contribution is 0.0437. The average Bonchev–Trinajstić information content (AvgIpc) is 3.14. The molecule has 0 radical (unpaired) electrons. The summed E-state index contributed by atoms with van der Waals surface area (Å²) < 4.78 is 16.7. The standard InChI is InChI=1S/C22H17NO4/c24-22(26-15-21-23-19-12-6-7-13-20(19)27-21)18-11-5-4-8-16(18)14-25-17-9-2-1-3-10-17/h1-13H,14-15H2. The van der Waals surface area contributed by atoms with E-state index in [0.29, 0.717) is 17.0 Å². The van der Waals surface area contributed by atoms with Crippen LogP contribution in [0.1, 0.15) is 21.8 Å². The molecule has 0 saturated carbocycles. The number of hydrogen-bond acceptors (Lipinski definition) is 5. The van der Waals surface area contributed by atoms with Crippen LogP contribution in [0.4, 0.5) is 0 Å². The van der Waals surface area contributed by atoms with Gasteiger partial charge in [-0.15, -0.1) is 0 Å². The number of carbonyl (C=O) groups is 1. The average molecular weight is 359 g/mol. The first-order chi connectivity index (χ1) is 13.3. The summed E-state index contributed by atoms with van der Waals surface area (Å²) in [7, 11) is 0. The van der Waals surface area contributed by atoms with Crippen molar-refractivity contribution in [1.82, 2.24) is 4.98 Å². The normalized spacial score (nSPS) is 10.7. The van der Waals surface area contributed by atoms with Crippen molar-refractivity contribution >= 4 is 17.1 Å². The van der Waals surface area contributed by atoms with E-state index < -0.39 is 5.97 Å². The largest absolute Gasteiger partial charge is 0.489 e. The molecule has 0 aliphatic rings. The summed E-state index contributed by atoms with van der Waals surface area (Å²) >= 11 is 0. The van der Waals surface area contributed by atoms with Crippen LogP contribution in [0.15, 0.2) is 83.3 Å². The molecule has 0 atom stereocenters. The maximum Gasteiger partial charge on any atom is 0.339 e. The highest BCUT2D eigenvalue weighted by atomic mass is 16.5. The van der Waals surface area contributed by atoms with Crippen LogP contribution in [0.3, 0.4) is 0 Å². The number of benzene rings is 3. The van der Waals surface area contributed by atoms with Crippen LogP contribution in [0.25, 0.3) is 11.1 Å². The van der Waals surface area contributed by atoms with Crippen molar-refractivity contribution in [3.05, 3.63) is 95.9 Å². The maximum absolute atomic E-state index is 12.5. The van der Waals surface area contributed by atoms with Crippen LogP contribution in [0.2, 0.25) is 0 Å². The third-order valence-electron chi connectivity index (χ3n) is 4.04. The molecule has 4 aromatic rings. The van der Waals surface area contributed by atoms with E-state index in [9.17, 15) is 4.79 Å². The van der Waals surface area contributed by atoms with Crippen molar-refractivity contribution < 1.29 is 18.7 Å². The fourth-order valence-electron chi connectivity index (χ4n) is 2.71. The summed E-state index contributed by atoms with van der Waals surface area (Å²) in [6.45, 7) is 0.250. The molecule has 1 heterocycles. The number of carbonyl (C=O) groups excluding carboxylic acids is 1. The molecule has 27 heavy (non-hydrogen) atoms. The quantitative estimate of drug-likeness (QED) is 0.464. The van der Waals surface area contributed by atoms with Crippen LogP contribution in [-0.2, 0) is 18.0 Å². The molecule has 0 amide bonds. The number of aromatic nitrogens is 1. The van der Waals surface area contributed by atoms with Crippen LogP contribution in [0.5, 0.6) is 5.75 Å². The first kappa shape index (κ1) is 16.8. The van der Waals surface area contributed by atoms with Gasteiger partial charge in [0.15, 0.2) is 12.2 Å². The zero-order valence-electron chi connectivity index (χ0n) is 14.5. The van der Waals surface area contributed by atoms with E-state index in [0.717, 1.165) is 16.8 Å². The first-order valence-corrected chi connectivity index (χ1v) is 8.57. The molecule has 5 heteroatoms. The molecule has 0 fully saturated rings. The van der Waals surface area contributed by atoms with Gasteiger partial charge < -0.3 is 13.9 Å². The zero-order valence-corrected chi connectivity index (χ0v) is 14.5. The smallest absolute Gasteiger partial charge is 0.339 e. The van der Waals surface area contributed by atoms with Crippen LogP contribution in [0, 0.1) is 0 Å². The molecule has 0 saturated heterocycles. The summed E-state index contributed by atoms with van der Waals surface area (Å²) in [5.74, 6) is 0.666. The maximum atomic E-state index is 12.5. The Kier molecular flexibility index (Phi) is 4.83. The molecule has 0 unspecified atom stereocenters. The molecule has 0 N–H and O–H groups in total. The second-order valence-electron chi connectivity index (χ2n) is 5.91. The predicted octanol–water partition coefficient (Wildman–Crippen LogP) is 4.76. The highest BCUT2D eigenvalue weighted by Gasteiger charge is 2.15. The Labute approximate surface area is 156 Å². The minimum Gasteiger partial charge on any atom is -0.489 e. The third-order valence-corrected chi connectivity index (χ3v) is 4.04. The Hall–Kier alpha value is -3.60. The third kappa shape index (κ3) is 3.98. The Morgan fingerprint density at radius 3 is 2.44 bits per heavy atom. The molecule has 134 valence electrons. The SMILES string of the molecule is O=C(OCc1nc2ccccc2o1)c1ccccc1COc1ccccc1. The molecular formula is C22H17NO4. The highest BCUT2D eigenvalue weighted by Crippen LogP contribution is 2.18. The second kappa shape index (κ2) is 7.74. The number of ether oxygens (including phenoxy) is 2. The van der Waals surface area contributed by atoms with E-state index in [-0.39, 0.29) is 13.2 Å². The molecule has 4 rings (SSSR count). The van der Waals surface area contributed by atoms with Gasteiger partial charge in [-0.2, -0.15) is 0 Å². The summed E-state index contributed by atoms with van der Waals surface area (Å²) in [6, 6.07) is 24.1. The van der Waals surface area contributed by atoms with Gasteiger partial charge in [-0.3, -0.25) is 0 Å². The van der Waals surface area contributed by atoms with E-state index in [1.807, 2.05) is 66.7 Å². The second-order valence-corrected chi connectivity index (χ2v) is 5.91. The molecule has 5 nitrogen and oxygen atoms in total. The van der Waals surface area contributed by atoms with Gasteiger partial charge in [0.05, 0.1) is 5.56 Å². The van der Waals surface area contributed by atoms with Crippen molar-refractivity contribution in [3.8, 4) is 5.75 Å². The molecule has 1 aromatic heterocycles. The Bertz CT molecular complexity index is 1020. The lowest BCUT2D eigenvalue weighted by Crippen LogP contribution is -2.10. The minimum absolute atomic E-state index is 0.0264. The molecule has 0 spiro atoms. The van der Waals surface area contributed by atoms with Gasteiger partial charge >= 0.3 is 5.97 Å². The van der Waals surface area contributed by atoms with Gasteiger partial charge in [0, 0.05) is 5.56 Å². The summed E-state index contributed by atoms with van der Waals surface area (Å²) in [5, 5.41) is 0. The van der Waals surface area contributed by atoms with Crippen LogP contribution >= 0.6 is 0 Å². The number of hydrogen-bond donors (Lipinski definition) is 0. The van der Waals surface area contributed by atoms with E-state index in [1.54, 1.807) is 12.1 Å². The lowest BCUT2D eigenvalue weighted by Gasteiger charge is -2.10. The van der Waals surface area contributed by atoms with Gasteiger partial charge in [0.1, 0.15) is 17.9 Å². The van der Waals surface area contributed by atoms with Gasteiger partial charge in [0.2, 0.25) is 5.89 Å². The molecule has 3 aromatic carbocycles. The topological polar surface area (TPSA) is 61.6 Å². The summed E-state index contributed by atoms with van der Waals surface area (Å²) in [5.41, 5.74) is 2.62. The monoisotopic (exact) mass is 359 g/mol. The van der Waals surface area contributed by atoms with E-state index >= 15 is 0 Å². The summed E-state index contributed by atoms with van der Waals surface area (Å²) in [6.07, 6.45) is 0. The zero-order chi connectivity index (χ0) is 18.5. The number of esters is 1. The van der Waals surface area contributed by atoms with E-state index in [1.165, 1.54) is 0 Å². The minimum atomic E-state index is -0.440. The fraction of sp³-hybridized carbons (Fsp3) is 0.0909. The summed E-state index contributed by atoms with van der Waals surface area (Å²) in [4.78, 5) is 16.8.